The summed E-state index contributed by atoms with van der Waals surface area (Å²) in [6.45, 7) is -0.216. The molecule has 5 fully saturated rings. The highest BCUT2D eigenvalue weighted by Crippen LogP contribution is 2.37. The van der Waals surface area contributed by atoms with Crippen LogP contribution < -0.4 is 10.6 Å². The summed E-state index contributed by atoms with van der Waals surface area (Å²) in [5, 5.41) is 154. The molecule has 0 bridgehead atoms. The Balaban J connectivity index is 1.52. The van der Waals surface area contributed by atoms with Crippen LogP contribution in [0.4, 0.5) is 0 Å². The molecule has 0 spiro atoms. The number of hydrogen-bond acceptors (Lipinski definition) is 25. The van der Waals surface area contributed by atoms with Gasteiger partial charge in [0, 0.05) is 13.8 Å². The maximum absolute atomic E-state index is 12.3. The van der Waals surface area contributed by atoms with Crippen LogP contribution in [0, 0.1) is 0 Å². The lowest BCUT2D eigenvalue weighted by Gasteiger charge is -2.51. The van der Waals surface area contributed by atoms with Crippen molar-refractivity contribution in [2.45, 2.75) is 174 Å². The molecule has 0 saturated carbocycles. The third-order valence-corrected chi connectivity index (χ3v) is 11.1. The fourth-order valence-electron chi connectivity index (χ4n) is 7.74. The molecule has 25 atom stereocenters. The van der Waals surface area contributed by atoms with E-state index in [9.17, 15) is 81.1 Å². The zero-order chi connectivity index (χ0) is 45.2. The van der Waals surface area contributed by atoms with E-state index in [2.05, 4.69) is 10.6 Å². The second kappa shape index (κ2) is 21.3. The molecular formula is C34H58N2O25. The highest BCUT2D eigenvalue weighted by molar-refractivity contribution is 5.73. The van der Waals surface area contributed by atoms with Crippen molar-refractivity contribution < 1.29 is 124 Å². The summed E-state index contributed by atoms with van der Waals surface area (Å²) in [6, 6.07) is -3.17. The quantitative estimate of drug-likeness (QED) is 0.0770. The van der Waals surface area contributed by atoms with Crippen molar-refractivity contribution in [2.24, 2.45) is 0 Å². The molecule has 0 aromatic heterocycles. The number of carbonyl (C=O) groups excluding carboxylic acids is 2. The fraction of sp³-hybridized carbons (Fsp3) is 0.941. The molecule has 5 aliphatic heterocycles. The fourth-order valence-corrected chi connectivity index (χ4v) is 7.74. The maximum atomic E-state index is 12.3. The first-order chi connectivity index (χ1) is 28.8. The van der Waals surface area contributed by atoms with Crippen LogP contribution in [-0.4, -0.2) is 263 Å². The minimum Gasteiger partial charge on any atom is -0.394 e. The molecule has 0 radical (unpaired) electrons. The van der Waals surface area contributed by atoms with Crippen molar-refractivity contribution in [1.82, 2.24) is 10.6 Å². The molecule has 5 aliphatic rings. The lowest BCUT2D eigenvalue weighted by atomic mass is 9.94. The Bertz CT molecular complexity index is 1420. The van der Waals surface area contributed by atoms with E-state index in [1.54, 1.807) is 0 Å². The highest BCUT2D eigenvalue weighted by Gasteiger charge is 2.57. The Labute approximate surface area is 346 Å². The van der Waals surface area contributed by atoms with Crippen LogP contribution in [0.3, 0.4) is 0 Å². The molecule has 0 aliphatic carbocycles. The number of rotatable bonds is 14. The third-order valence-electron chi connectivity index (χ3n) is 11.1. The largest absolute Gasteiger partial charge is 0.394 e. The van der Waals surface area contributed by atoms with Crippen molar-refractivity contribution in [3.8, 4) is 0 Å². The third kappa shape index (κ3) is 10.8. The highest BCUT2D eigenvalue weighted by atomic mass is 16.8. The molecule has 27 nitrogen and oxygen atoms in total. The van der Waals surface area contributed by atoms with E-state index < -0.39 is 192 Å². The SMILES string of the molecule is CC(=O)N[C@@H]1[C@@H](O[C@@H]2O[C@@H](C)[C@@H](O)[C@@H](O[C@H]3O[C@H](CO)[C@@H](O)[C@H](O[C@H]4O[C@H](CO)[C@@H](O)[C@H](O)[C@H]4O)[C@@H]3O[C@@H]3O[C@H](CO)[C@H](O)[C@H](O)[C@H]3NC(C)=O)[C@@H]2O)[C@@H](O)[C@@H](CO)O[C@@H]1O. The summed E-state index contributed by atoms with van der Waals surface area (Å²) < 4.78 is 52.0. The van der Waals surface area contributed by atoms with Gasteiger partial charge in [-0.15, -0.1) is 0 Å². The van der Waals surface area contributed by atoms with Crippen molar-refractivity contribution >= 4 is 11.8 Å². The van der Waals surface area contributed by atoms with E-state index in [0.29, 0.717) is 0 Å². The molecule has 0 aromatic rings. The summed E-state index contributed by atoms with van der Waals surface area (Å²) >= 11 is 0. The van der Waals surface area contributed by atoms with Gasteiger partial charge < -0.3 is 125 Å². The molecule has 16 N–H and O–H groups in total. The van der Waals surface area contributed by atoms with Crippen LogP contribution in [-0.2, 0) is 52.2 Å². The first-order valence-electron chi connectivity index (χ1n) is 19.5. The average molecular weight is 895 g/mol. The van der Waals surface area contributed by atoms with Gasteiger partial charge in [-0.2, -0.15) is 0 Å². The van der Waals surface area contributed by atoms with Crippen LogP contribution in [0.1, 0.15) is 20.8 Å². The van der Waals surface area contributed by atoms with Gasteiger partial charge in [0.25, 0.3) is 0 Å². The Morgan fingerprint density at radius 1 is 0.426 bits per heavy atom. The van der Waals surface area contributed by atoms with Crippen molar-refractivity contribution in [2.75, 3.05) is 26.4 Å². The molecule has 0 aromatic carbocycles. The van der Waals surface area contributed by atoms with Crippen molar-refractivity contribution in [3.63, 3.8) is 0 Å². The summed E-state index contributed by atoms with van der Waals surface area (Å²) in [6.07, 6.45) is -42.2. The van der Waals surface area contributed by atoms with Gasteiger partial charge in [0.15, 0.2) is 31.5 Å². The predicted molar refractivity (Wildman–Crippen MR) is 188 cm³/mol. The minimum absolute atomic E-state index is 0.706. The van der Waals surface area contributed by atoms with Crippen molar-refractivity contribution in [1.29, 1.82) is 0 Å². The number of hydrogen-bond donors (Lipinski definition) is 16. The molecule has 5 saturated heterocycles. The molecule has 2 amide bonds. The lowest BCUT2D eigenvalue weighted by Crippen LogP contribution is -2.70. The van der Waals surface area contributed by atoms with Crippen molar-refractivity contribution in [3.05, 3.63) is 0 Å². The van der Waals surface area contributed by atoms with Crippen LogP contribution in [0.2, 0.25) is 0 Å². The van der Waals surface area contributed by atoms with E-state index in [1.165, 1.54) is 6.92 Å². The van der Waals surface area contributed by atoms with Crippen LogP contribution >= 0.6 is 0 Å². The first kappa shape index (κ1) is 50.0. The lowest BCUT2D eigenvalue weighted by molar-refractivity contribution is -0.403. The summed E-state index contributed by atoms with van der Waals surface area (Å²) in [7, 11) is 0. The summed E-state index contributed by atoms with van der Waals surface area (Å²) in [4.78, 5) is 24.3. The van der Waals surface area contributed by atoms with E-state index in [-0.39, 0.29) is 0 Å². The monoisotopic (exact) mass is 894 g/mol. The average Bonchev–Trinajstić information content (AvgIpc) is 3.22. The zero-order valence-corrected chi connectivity index (χ0v) is 33.0. The Morgan fingerprint density at radius 2 is 0.852 bits per heavy atom. The Kier molecular flexibility index (Phi) is 17.5. The molecule has 5 heterocycles. The second-order valence-electron chi connectivity index (χ2n) is 15.4. The van der Waals surface area contributed by atoms with E-state index in [1.807, 2.05) is 0 Å². The van der Waals surface area contributed by atoms with Gasteiger partial charge in [0.1, 0.15) is 116 Å². The van der Waals surface area contributed by atoms with Crippen LogP contribution in [0.5, 0.6) is 0 Å². The number of ether oxygens (including phenoxy) is 9. The van der Waals surface area contributed by atoms with Gasteiger partial charge in [0.2, 0.25) is 11.8 Å². The first-order valence-corrected chi connectivity index (χ1v) is 19.5. The molecule has 5 rings (SSSR count). The molecule has 354 valence electrons. The molecule has 61 heavy (non-hydrogen) atoms. The number of aliphatic hydroxyl groups excluding tert-OH is 14. The summed E-state index contributed by atoms with van der Waals surface area (Å²) in [5.41, 5.74) is 0. The minimum atomic E-state index is -2.11. The van der Waals surface area contributed by atoms with Gasteiger partial charge in [-0.25, -0.2) is 0 Å². The topological polar surface area (TPSA) is 424 Å². The van der Waals surface area contributed by atoms with Gasteiger partial charge in [0.05, 0.1) is 32.5 Å². The molecule has 27 heteroatoms. The Morgan fingerprint density at radius 3 is 1.43 bits per heavy atom. The van der Waals surface area contributed by atoms with Gasteiger partial charge >= 0.3 is 0 Å². The Hall–Kier alpha value is -1.98. The maximum Gasteiger partial charge on any atom is 0.217 e. The van der Waals surface area contributed by atoms with Gasteiger partial charge in [-0.1, -0.05) is 0 Å². The number of amides is 2. The standard InChI is InChI=1S/C34H58N2O25/c1-8-17(43)27(25(51)33(53-8)58-26-16(36-10(3)42)30(52)54-13(6-39)20(26)46)59-34-29(61-31-15(35-9(2)41)22(48)18(44)11(4-37)55-31)28(21(47)14(7-40)57-34)60-32-24(50)23(49)19(45)12(5-38)56-32/h8,11-34,37-40,43-52H,4-7H2,1-3H3,(H,35,41)(H,36,42)/t8-,11+,12+,13+,14+,15+,16+,17+,18-,19+,20-,21+,22+,23-,24+,25-,26+,27+,28-,29-,30-,31-,32+,33-,34+/m0/s1. The number of carbonyl (C=O) groups is 2. The van der Waals surface area contributed by atoms with E-state index >= 15 is 0 Å². The van der Waals surface area contributed by atoms with Crippen LogP contribution in [0.15, 0.2) is 0 Å². The van der Waals surface area contributed by atoms with E-state index in [4.69, 9.17) is 42.6 Å². The van der Waals surface area contributed by atoms with Gasteiger partial charge in [-0.3, -0.25) is 9.59 Å². The van der Waals surface area contributed by atoms with Gasteiger partial charge in [-0.05, 0) is 6.92 Å². The second-order valence-corrected chi connectivity index (χ2v) is 15.4. The normalized spacial score (nSPS) is 49.6. The van der Waals surface area contributed by atoms with Crippen LogP contribution in [0.25, 0.3) is 0 Å². The smallest absolute Gasteiger partial charge is 0.217 e. The number of aliphatic hydroxyl groups is 14. The molecular weight excluding hydrogens is 836 g/mol. The molecule has 0 unspecified atom stereocenters. The number of nitrogens with one attached hydrogen (secondary N) is 2. The summed E-state index contributed by atoms with van der Waals surface area (Å²) in [5.74, 6) is -1.48. The van der Waals surface area contributed by atoms with E-state index in [0.717, 1.165) is 13.8 Å². The zero-order valence-electron chi connectivity index (χ0n) is 33.0. The predicted octanol–water partition coefficient (Wildman–Crippen LogP) is -10.6.